The summed E-state index contributed by atoms with van der Waals surface area (Å²) in [5.41, 5.74) is 5.47. The highest BCUT2D eigenvalue weighted by Crippen LogP contribution is 2.36. The molecule has 0 bridgehead atoms. The Morgan fingerprint density at radius 1 is 1.03 bits per heavy atom. The number of rotatable bonds is 5. The van der Waals surface area contributed by atoms with Crippen molar-refractivity contribution in [1.82, 2.24) is 9.97 Å². The number of carbonyl (C=O) groups is 1. The molecule has 3 aromatic carbocycles. The van der Waals surface area contributed by atoms with Crippen LogP contribution < -0.4 is 15.0 Å². The van der Waals surface area contributed by atoms with Crippen LogP contribution >= 0.6 is 0 Å². The zero-order valence-corrected chi connectivity index (χ0v) is 20.5. The van der Waals surface area contributed by atoms with E-state index in [0.29, 0.717) is 17.3 Å². The monoisotopic (exact) mass is 482 g/mol. The van der Waals surface area contributed by atoms with Crippen molar-refractivity contribution in [3.63, 3.8) is 0 Å². The molecule has 1 aliphatic heterocycles. The highest BCUT2D eigenvalue weighted by atomic mass is 19.1. The summed E-state index contributed by atoms with van der Waals surface area (Å²) in [6, 6.07) is 21.0. The van der Waals surface area contributed by atoms with E-state index in [9.17, 15) is 9.18 Å². The van der Waals surface area contributed by atoms with Crippen molar-refractivity contribution in [2.75, 3.05) is 16.8 Å². The lowest BCUT2D eigenvalue weighted by Gasteiger charge is -2.37. The summed E-state index contributed by atoms with van der Waals surface area (Å²) in [5, 5.41) is 3.19. The first kappa shape index (κ1) is 23.5. The fourth-order valence-electron chi connectivity index (χ4n) is 4.51. The van der Waals surface area contributed by atoms with Crippen LogP contribution in [0.3, 0.4) is 0 Å². The number of halogens is 1. The average molecular weight is 483 g/mol. The molecular weight excluding hydrogens is 455 g/mol. The lowest BCUT2D eigenvalue weighted by atomic mass is 9.93. The number of ether oxygens (including phenoxy) is 1. The molecule has 5 rings (SSSR count). The summed E-state index contributed by atoms with van der Waals surface area (Å²) in [4.78, 5) is 24.2. The van der Waals surface area contributed by atoms with Gasteiger partial charge in [-0.05, 0) is 86.8 Å². The Kier molecular flexibility index (Phi) is 6.38. The molecule has 0 saturated carbocycles. The maximum Gasteiger partial charge on any atom is 0.343 e. The first-order valence-corrected chi connectivity index (χ1v) is 11.9. The van der Waals surface area contributed by atoms with Gasteiger partial charge in [-0.25, -0.2) is 14.2 Å². The Labute approximate surface area is 209 Å². The molecule has 0 fully saturated rings. The Morgan fingerprint density at radius 2 is 1.78 bits per heavy atom. The van der Waals surface area contributed by atoms with Crippen molar-refractivity contribution in [2.24, 2.45) is 0 Å². The summed E-state index contributed by atoms with van der Waals surface area (Å²) in [6.07, 6.45) is 0.791. The molecule has 0 amide bonds. The second-order valence-corrected chi connectivity index (χ2v) is 8.95. The van der Waals surface area contributed by atoms with Crippen LogP contribution in [0.1, 0.15) is 45.7 Å². The third-order valence-corrected chi connectivity index (χ3v) is 6.61. The maximum atomic E-state index is 13.3. The third kappa shape index (κ3) is 4.77. The summed E-state index contributed by atoms with van der Waals surface area (Å²) in [7, 11) is 0. The SMILES string of the molecule is Cc1nc(Nc2ccc(F)cc2)nc(N2CCc3cc(OC(=O)c4ccccc4)ccc3C2C)c1C. The number of nitrogens with one attached hydrogen (secondary N) is 1. The van der Waals surface area contributed by atoms with Gasteiger partial charge in [0, 0.05) is 23.5 Å². The molecule has 182 valence electrons. The standard InChI is InChI=1S/C29H27FN4O2/c1-18-19(2)31-29(32-24-11-9-23(30)10-12-24)33-27(18)34-16-15-22-17-25(13-14-26(22)20(34)3)36-28(35)21-7-5-4-6-8-21/h4-14,17,20H,15-16H2,1-3H3,(H,31,32,33). The van der Waals surface area contributed by atoms with E-state index in [2.05, 4.69) is 22.1 Å². The van der Waals surface area contributed by atoms with E-state index in [0.717, 1.165) is 41.3 Å². The Morgan fingerprint density at radius 3 is 2.53 bits per heavy atom. The minimum Gasteiger partial charge on any atom is -0.423 e. The molecule has 2 heterocycles. The van der Waals surface area contributed by atoms with Gasteiger partial charge in [0.25, 0.3) is 0 Å². The molecule has 0 saturated heterocycles. The Balaban J connectivity index is 1.38. The Hall–Kier alpha value is -4.26. The van der Waals surface area contributed by atoms with Crippen LogP contribution in [0.15, 0.2) is 72.8 Å². The number of nitrogens with zero attached hydrogens (tertiary/aromatic N) is 3. The van der Waals surface area contributed by atoms with Crippen LogP contribution in [-0.2, 0) is 6.42 Å². The lowest BCUT2D eigenvalue weighted by Crippen LogP contribution is -2.35. The highest BCUT2D eigenvalue weighted by Gasteiger charge is 2.27. The minimum absolute atomic E-state index is 0.0688. The normalized spacial score (nSPS) is 14.8. The molecule has 4 aromatic rings. The van der Waals surface area contributed by atoms with E-state index in [-0.39, 0.29) is 17.8 Å². The van der Waals surface area contributed by atoms with Crippen molar-refractivity contribution < 1.29 is 13.9 Å². The van der Waals surface area contributed by atoms with Gasteiger partial charge in [0.1, 0.15) is 17.4 Å². The van der Waals surface area contributed by atoms with Crippen molar-refractivity contribution in [3.05, 3.63) is 107 Å². The van der Waals surface area contributed by atoms with Gasteiger partial charge >= 0.3 is 5.97 Å². The molecule has 7 heteroatoms. The van der Waals surface area contributed by atoms with Crippen LogP contribution in [-0.4, -0.2) is 22.5 Å². The van der Waals surface area contributed by atoms with Crippen molar-refractivity contribution in [1.29, 1.82) is 0 Å². The molecule has 1 atom stereocenters. The van der Waals surface area contributed by atoms with Gasteiger partial charge in [-0.15, -0.1) is 0 Å². The fourth-order valence-corrected chi connectivity index (χ4v) is 4.51. The number of aromatic nitrogens is 2. The zero-order chi connectivity index (χ0) is 25.2. The molecule has 0 spiro atoms. The van der Waals surface area contributed by atoms with E-state index < -0.39 is 0 Å². The number of hydrogen-bond acceptors (Lipinski definition) is 6. The molecule has 6 nitrogen and oxygen atoms in total. The number of hydrogen-bond donors (Lipinski definition) is 1. The lowest BCUT2D eigenvalue weighted by molar-refractivity contribution is 0.0734. The smallest absolute Gasteiger partial charge is 0.343 e. The van der Waals surface area contributed by atoms with Gasteiger partial charge < -0.3 is 15.0 Å². The first-order chi connectivity index (χ1) is 17.4. The first-order valence-electron chi connectivity index (χ1n) is 11.9. The Bertz CT molecular complexity index is 1410. The van der Waals surface area contributed by atoms with Crippen molar-refractivity contribution in [2.45, 2.75) is 33.2 Å². The van der Waals surface area contributed by atoms with Crippen molar-refractivity contribution in [3.8, 4) is 5.75 Å². The van der Waals surface area contributed by atoms with Gasteiger partial charge in [-0.3, -0.25) is 0 Å². The number of fused-ring (bicyclic) bond motifs is 1. The molecule has 0 aliphatic carbocycles. The van der Waals surface area contributed by atoms with Crippen LogP contribution in [0.4, 0.5) is 21.8 Å². The van der Waals surface area contributed by atoms with E-state index >= 15 is 0 Å². The number of aryl methyl sites for hydroxylation is 1. The molecule has 36 heavy (non-hydrogen) atoms. The van der Waals surface area contributed by atoms with Gasteiger partial charge in [0.05, 0.1) is 11.6 Å². The van der Waals surface area contributed by atoms with E-state index in [1.54, 1.807) is 24.3 Å². The highest BCUT2D eigenvalue weighted by molar-refractivity contribution is 5.91. The quantitative estimate of drug-likeness (QED) is 0.265. The summed E-state index contributed by atoms with van der Waals surface area (Å²) in [6.45, 7) is 6.90. The predicted molar refractivity (Wildman–Crippen MR) is 138 cm³/mol. The van der Waals surface area contributed by atoms with Crippen LogP contribution in [0.5, 0.6) is 5.75 Å². The third-order valence-electron chi connectivity index (χ3n) is 6.61. The molecule has 1 unspecified atom stereocenters. The van der Waals surface area contributed by atoms with Crippen molar-refractivity contribution >= 4 is 23.4 Å². The summed E-state index contributed by atoms with van der Waals surface area (Å²) in [5.74, 6) is 1.23. The molecule has 1 aromatic heterocycles. The summed E-state index contributed by atoms with van der Waals surface area (Å²) >= 11 is 0. The van der Waals surface area contributed by atoms with Gasteiger partial charge in [0.15, 0.2) is 0 Å². The molecule has 1 aliphatic rings. The van der Waals surface area contributed by atoms with Crippen LogP contribution in [0.25, 0.3) is 0 Å². The number of esters is 1. The molecule has 0 radical (unpaired) electrons. The average Bonchev–Trinajstić information content (AvgIpc) is 2.88. The number of carbonyl (C=O) groups excluding carboxylic acids is 1. The van der Waals surface area contributed by atoms with Gasteiger partial charge in [-0.2, -0.15) is 4.98 Å². The second-order valence-electron chi connectivity index (χ2n) is 8.95. The van der Waals surface area contributed by atoms with E-state index in [1.807, 2.05) is 50.2 Å². The number of benzene rings is 3. The minimum atomic E-state index is -0.366. The van der Waals surface area contributed by atoms with Crippen LogP contribution in [0.2, 0.25) is 0 Å². The topological polar surface area (TPSA) is 67.3 Å². The van der Waals surface area contributed by atoms with E-state index in [1.165, 1.54) is 17.7 Å². The maximum absolute atomic E-state index is 13.3. The predicted octanol–water partition coefficient (Wildman–Crippen LogP) is 6.32. The summed E-state index contributed by atoms with van der Waals surface area (Å²) < 4.78 is 18.9. The largest absolute Gasteiger partial charge is 0.423 e. The van der Waals surface area contributed by atoms with E-state index in [4.69, 9.17) is 9.72 Å². The number of anilines is 3. The molecular formula is C29H27FN4O2. The fraction of sp³-hybridized carbons (Fsp3) is 0.207. The zero-order valence-electron chi connectivity index (χ0n) is 20.5. The second kappa shape index (κ2) is 9.77. The van der Waals surface area contributed by atoms with Gasteiger partial charge in [-0.1, -0.05) is 24.3 Å². The van der Waals surface area contributed by atoms with Crippen LogP contribution in [0, 0.1) is 19.7 Å². The van der Waals surface area contributed by atoms with Gasteiger partial charge in [0.2, 0.25) is 5.95 Å². The molecule has 1 N–H and O–H groups in total.